The average molecular weight is 480 g/mol. The molecule has 6 rings (SSSR count). The van der Waals surface area contributed by atoms with Gasteiger partial charge in [-0.1, -0.05) is 109 Å². The van der Waals surface area contributed by atoms with Crippen molar-refractivity contribution in [2.24, 2.45) is 0 Å². The standard InChI is InChI=1S/C34H25NO2/c36-33(27-7-2-1-3-8-27)22-17-24-15-20-28(21-16-24)37-23-25-13-18-26(19-14-25)29-10-6-11-31-30-9-4-5-12-32(30)35-34(29)31/h1-22,35H,23H2/b22-17+. The van der Waals surface area contributed by atoms with E-state index >= 15 is 0 Å². The molecule has 0 radical (unpaired) electrons. The van der Waals surface area contributed by atoms with E-state index in [1.54, 1.807) is 6.08 Å². The Kier molecular flexibility index (Phi) is 6.10. The number of aromatic amines is 1. The summed E-state index contributed by atoms with van der Waals surface area (Å²) in [5.41, 5.74) is 7.41. The SMILES string of the molecule is O=C(/C=C/c1ccc(OCc2ccc(-c3cccc4c3[nH]c3ccccc34)cc2)cc1)c1ccccc1. The topological polar surface area (TPSA) is 42.1 Å². The molecule has 0 unspecified atom stereocenters. The lowest BCUT2D eigenvalue weighted by Gasteiger charge is -2.08. The Morgan fingerprint density at radius 2 is 1.43 bits per heavy atom. The van der Waals surface area contributed by atoms with Crippen LogP contribution in [-0.4, -0.2) is 10.8 Å². The minimum Gasteiger partial charge on any atom is -0.489 e. The van der Waals surface area contributed by atoms with Gasteiger partial charge in [-0.3, -0.25) is 4.79 Å². The number of aromatic nitrogens is 1. The van der Waals surface area contributed by atoms with Crippen molar-refractivity contribution in [1.29, 1.82) is 0 Å². The zero-order chi connectivity index (χ0) is 25.0. The number of H-pyrrole nitrogens is 1. The summed E-state index contributed by atoms with van der Waals surface area (Å²) in [7, 11) is 0. The van der Waals surface area contributed by atoms with E-state index in [1.807, 2.05) is 60.7 Å². The van der Waals surface area contributed by atoms with Crippen LogP contribution in [0.3, 0.4) is 0 Å². The molecular weight excluding hydrogens is 454 g/mol. The van der Waals surface area contributed by atoms with Crippen LogP contribution in [0.15, 0.2) is 127 Å². The van der Waals surface area contributed by atoms with Gasteiger partial charge in [-0.15, -0.1) is 0 Å². The first-order chi connectivity index (χ1) is 18.2. The van der Waals surface area contributed by atoms with Crippen molar-refractivity contribution in [2.45, 2.75) is 6.61 Å². The predicted octanol–water partition coefficient (Wildman–Crippen LogP) is 8.46. The number of fused-ring (bicyclic) bond motifs is 3. The fourth-order valence-corrected chi connectivity index (χ4v) is 4.61. The summed E-state index contributed by atoms with van der Waals surface area (Å²) in [6.45, 7) is 0.485. The zero-order valence-corrected chi connectivity index (χ0v) is 20.2. The molecule has 1 heterocycles. The average Bonchev–Trinajstić information content (AvgIpc) is 3.35. The molecule has 37 heavy (non-hydrogen) atoms. The second kappa shape index (κ2) is 10.00. The summed E-state index contributed by atoms with van der Waals surface area (Å²) in [4.78, 5) is 15.8. The van der Waals surface area contributed by atoms with Gasteiger partial charge in [0.25, 0.3) is 0 Å². The molecule has 3 heteroatoms. The third kappa shape index (κ3) is 4.80. The highest BCUT2D eigenvalue weighted by atomic mass is 16.5. The van der Waals surface area contributed by atoms with Crippen molar-refractivity contribution in [1.82, 2.24) is 4.98 Å². The number of ether oxygens (including phenoxy) is 1. The van der Waals surface area contributed by atoms with Gasteiger partial charge in [0, 0.05) is 27.4 Å². The summed E-state index contributed by atoms with van der Waals surface area (Å²) in [6, 6.07) is 40.4. The van der Waals surface area contributed by atoms with E-state index in [0.717, 1.165) is 27.9 Å². The molecule has 0 aliphatic heterocycles. The molecule has 0 bridgehead atoms. The lowest BCUT2D eigenvalue weighted by atomic mass is 10.0. The zero-order valence-electron chi connectivity index (χ0n) is 20.2. The Morgan fingerprint density at radius 3 is 2.24 bits per heavy atom. The second-order valence-corrected chi connectivity index (χ2v) is 9.02. The molecule has 0 atom stereocenters. The van der Waals surface area contributed by atoms with Crippen LogP contribution in [0.1, 0.15) is 21.5 Å². The van der Waals surface area contributed by atoms with E-state index < -0.39 is 0 Å². The molecule has 0 spiro atoms. The number of allylic oxidation sites excluding steroid dienone is 1. The second-order valence-electron chi connectivity index (χ2n) is 9.02. The number of carbonyl (C=O) groups is 1. The summed E-state index contributed by atoms with van der Waals surface area (Å²) in [5, 5.41) is 2.48. The van der Waals surface area contributed by atoms with Crippen molar-refractivity contribution < 1.29 is 9.53 Å². The highest BCUT2D eigenvalue weighted by molar-refractivity contribution is 6.11. The van der Waals surface area contributed by atoms with Crippen LogP contribution in [0.5, 0.6) is 5.75 Å². The third-order valence-corrected chi connectivity index (χ3v) is 6.58. The van der Waals surface area contributed by atoms with Gasteiger partial charge >= 0.3 is 0 Å². The maximum atomic E-state index is 12.3. The number of ketones is 1. The molecule has 5 aromatic carbocycles. The first kappa shape index (κ1) is 22.6. The van der Waals surface area contributed by atoms with Gasteiger partial charge in [0.05, 0.1) is 5.52 Å². The quantitative estimate of drug-likeness (QED) is 0.184. The molecule has 178 valence electrons. The molecule has 0 amide bonds. The number of hydrogen-bond donors (Lipinski definition) is 1. The highest BCUT2D eigenvalue weighted by Gasteiger charge is 2.09. The van der Waals surface area contributed by atoms with Gasteiger partial charge in [-0.05, 0) is 41.0 Å². The molecular formula is C34H25NO2. The lowest BCUT2D eigenvalue weighted by Crippen LogP contribution is -1.95. The molecule has 0 fully saturated rings. The minimum atomic E-state index is -0.00912. The van der Waals surface area contributed by atoms with Gasteiger partial charge in [0.1, 0.15) is 12.4 Å². The predicted molar refractivity (Wildman–Crippen MR) is 152 cm³/mol. The number of para-hydroxylation sites is 2. The van der Waals surface area contributed by atoms with Gasteiger partial charge in [0.2, 0.25) is 0 Å². The maximum absolute atomic E-state index is 12.3. The monoisotopic (exact) mass is 479 g/mol. The summed E-state index contributed by atoms with van der Waals surface area (Å²) >= 11 is 0. The fraction of sp³-hybridized carbons (Fsp3) is 0.0294. The number of rotatable bonds is 7. The number of nitrogens with one attached hydrogen (secondary N) is 1. The summed E-state index contributed by atoms with van der Waals surface area (Å²) in [6.07, 6.45) is 3.43. The molecule has 1 N–H and O–H groups in total. The third-order valence-electron chi connectivity index (χ3n) is 6.58. The normalized spacial score (nSPS) is 11.4. The van der Waals surface area contributed by atoms with E-state index in [-0.39, 0.29) is 5.78 Å². The van der Waals surface area contributed by atoms with Crippen molar-refractivity contribution >= 4 is 33.7 Å². The first-order valence-electron chi connectivity index (χ1n) is 12.3. The fourth-order valence-electron chi connectivity index (χ4n) is 4.61. The Hall–Kier alpha value is -4.89. The number of carbonyl (C=O) groups excluding carboxylic acids is 1. The molecule has 3 nitrogen and oxygen atoms in total. The van der Waals surface area contributed by atoms with Gasteiger partial charge < -0.3 is 9.72 Å². The summed E-state index contributed by atoms with van der Waals surface area (Å²) in [5.74, 6) is 0.781. The first-order valence-corrected chi connectivity index (χ1v) is 12.3. The Morgan fingerprint density at radius 1 is 0.703 bits per heavy atom. The van der Waals surface area contributed by atoms with Gasteiger partial charge in [-0.2, -0.15) is 0 Å². The van der Waals surface area contributed by atoms with Crippen LogP contribution in [0.2, 0.25) is 0 Å². The molecule has 0 saturated carbocycles. The van der Waals surface area contributed by atoms with E-state index in [9.17, 15) is 4.79 Å². The Balaban J connectivity index is 1.11. The van der Waals surface area contributed by atoms with Crippen molar-refractivity contribution in [3.05, 3.63) is 144 Å². The van der Waals surface area contributed by atoms with Gasteiger partial charge in [-0.25, -0.2) is 0 Å². The highest BCUT2D eigenvalue weighted by Crippen LogP contribution is 2.33. The van der Waals surface area contributed by atoms with Crippen LogP contribution in [0.4, 0.5) is 0 Å². The lowest BCUT2D eigenvalue weighted by molar-refractivity contribution is 0.104. The minimum absolute atomic E-state index is 0.00912. The van der Waals surface area contributed by atoms with Crippen molar-refractivity contribution in [2.75, 3.05) is 0 Å². The Bertz CT molecular complexity index is 1710. The maximum Gasteiger partial charge on any atom is 0.185 e. The van der Waals surface area contributed by atoms with E-state index in [2.05, 4.69) is 71.7 Å². The largest absolute Gasteiger partial charge is 0.489 e. The Labute approximate surface area is 215 Å². The van der Waals surface area contributed by atoms with Crippen LogP contribution in [0.25, 0.3) is 39.0 Å². The van der Waals surface area contributed by atoms with Crippen LogP contribution in [-0.2, 0) is 6.61 Å². The summed E-state index contributed by atoms with van der Waals surface area (Å²) < 4.78 is 6.00. The molecule has 0 aliphatic carbocycles. The van der Waals surface area contributed by atoms with Gasteiger partial charge in [0.15, 0.2) is 5.78 Å². The number of benzene rings is 5. The molecule has 0 saturated heterocycles. The van der Waals surface area contributed by atoms with E-state index in [4.69, 9.17) is 4.74 Å². The van der Waals surface area contributed by atoms with Crippen molar-refractivity contribution in [3.63, 3.8) is 0 Å². The van der Waals surface area contributed by atoms with Crippen LogP contribution >= 0.6 is 0 Å². The van der Waals surface area contributed by atoms with Crippen LogP contribution < -0.4 is 4.74 Å². The smallest absolute Gasteiger partial charge is 0.185 e. The van der Waals surface area contributed by atoms with Crippen molar-refractivity contribution in [3.8, 4) is 16.9 Å². The van der Waals surface area contributed by atoms with E-state index in [0.29, 0.717) is 12.2 Å². The molecule has 0 aliphatic rings. The van der Waals surface area contributed by atoms with E-state index in [1.165, 1.54) is 21.9 Å². The molecule has 6 aromatic rings. The van der Waals surface area contributed by atoms with Crippen LogP contribution in [0, 0.1) is 0 Å². The molecule has 1 aromatic heterocycles. The number of hydrogen-bond acceptors (Lipinski definition) is 2.